The van der Waals surface area contributed by atoms with Crippen LogP contribution in [-0.2, 0) is 9.47 Å². The van der Waals surface area contributed by atoms with E-state index in [4.69, 9.17) is 14.2 Å². The number of benzene rings is 2. The van der Waals surface area contributed by atoms with Gasteiger partial charge in [-0.25, -0.2) is 9.59 Å². The predicted octanol–water partition coefficient (Wildman–Crippen LogP) is 5.51. The van der Waals surface area contributed by atoms with Crippen LogP contribution in [0.1, 0.15) is 52.7 Å². The number of nitro groups is 1. The molecule has 0 fully saturated rings. The van der Waals surface area contributed by atoms with Crippen molar-refractivity contribution in [2.24, 2.45) is 0 Å². The Kier molecular flexibility index (Phi) is 10.5. The van der Waals surface area contributed by atoms with Crippen LogP contribution in [0.3, 0.4) is 0 Å². The fraction of sp³-hybridized carbons (Fsp3) is 0.429. The van der Waals surface area contributed by atoms with Crippen LogP contribution < -0.4 is 20.7 Å². The molecule has 0 spiro atoms. The summed E-state index contributed by atoms with van der Waals surface area (Å²) in [5, 5.41) is 19.7. The summed E-state index contributed by atoms with van der Waals surface area (Å²) in [6, 6.07) is 9.61. The second-order valence-corrected chi connectivity index (χ2v) is 10.6. The Hall–Kier alpha value is -4.46. The highest BCUT2D eigenvalue weighted by Gasteiger charge is 2.16. The number of rotatable bonds is 8. The van der Waals surface area contributed by atoms with Crippen LogP contribution in [0.15, 0.2) is 36.4 Å². The topological polar surface area (TPSA) is 141 Å². The number of hydrogen-bond donors (Lipinski definition) is 3. The molecule has 210 valence electrons. The molecule has 39 heavy (non-hydrogen) atoms. The summed E-state index contributed by atoms with van der Waals surface area (Å²) in [5.41, 5.74) is 0.590. The van der Waals surface area contributed by atoms with Gasteiger partial charge in [0.25, 0.3) is 5.69 Å². The summed E-state index contributed by atoms with van der Waals surface area (Å²) < 4.78 is 16.4. The van der Waals surface area contributed by atoms with Crippen molar-refractivity contribution in [1.29, 1.82) is 0 Å². The average molecular weight is 541 g/mol. The SMILES string of the molecule is Cc1cc(NCCNC(=O)OC(C)(C)C)cc(Oc2ccc([N+](=O)[O-])cc2C#CCNC(=O)OC(C)(C)C)c1. The van der Waals surface area contributed by atoms with E-state index in [0.29, 0.717) is 24.6 Å². The van der Waals surface area contributed by atoms with E-state index in [2.05, 4.69) is 27.8 Å². The molecule has 0 atom stereocenters. The van der Waals surface area contributed by atoms with Gasteiger partial charge in [0, 0.05) is 37.0 Å². The molecular weight excluding hydrogens is 504 g/mol. The standard InChI is InChI=1S/C28H36N4O7/c1-19-15-21(29-13-14-31-26(34)39-28(5,6)7)18-23(16-19)37-24-11-10-22(32(35)36)17-20(24)9-8-12-30-25(33)38-27(2,3)4/h10-11,15-18,29H,12-14H2,1-7H3,(H,30,33)(H,31,34). The van der Waals surface area contributed by atoms with Crippen LogP contribution in [0.25, 0.3) is 0 Å². The normalized spacial score (nSPS) is 10.9. The van der Waals surface area contributed by atoms with Gasteiger partial charge in [-0.15, -0.1) is 0 Å². The van der Waals surface area contributed by atoms with Gasteiger partial charge in [0.05, 0.1) is 17.0 Å². The lowest BCUT2D eigenvalue weighted by Gasteiger charge is -2.19. The zero-order valence-corrected chi connectivity index (χ0v) is 23.4. The van der Waals surface area contributed by atoms with E-state index in [1.807, 2.05) is 19.1 Å². The molecule has 0 saturated carbocycles. The van der Waals surface area contributed by atoms with Crippen LogP contribution in [0.5, 0.6) is 11.5 Å². The van der Waals surface area contributed by atoms with Crippen LogP contribution in [0.2, 0.25) is 0 Å². The van der Waals surface area contributed by atoms with Gasteiger partial charge in [-0.05, 0) is 72.2 Å². The van der Waals surface area contributed by atoms with Gasteiger partial charge >= 0.3 is 12.2 Å². The van der Waals surface area contributed by atoms with E-state index in [1.165, 1.54) is 18.2 Å². The van der Waals surface area contributed by atoms with Gasteiger partial charge in [-0.1, -0.05) is 11.8 Å². The summed E-state index contributed by atoms with van der Waals surface area (Å²) in [6.07, 6.45) is -1.11. The Morgan fingerprint density at radius 1 is 0.923 bits per heavy atom. The highest BCUT2D eigenvalue weighted by Crippen LogP contribution is 2.30. The maximum absolute atomic E-state index is 11.8. The minimum absolute atomic E-state index is 0.0209. The molecule has 0 aliphatic carbocycles. The molecule has 0 bridgehead atoms. The van der Waals surface area contributed by atoms with Crippen LogP contribution >= 0.6 is 0 Å². The number of ether oxygens (including phenoxy) is 3. The first-order valence-corrected chi connectivity index (χ1v) is 12.4. The van der Waals surface area contributed by atoms with Gasteiger partial charge in [-0.2, -0.15) is 0 Å². The number of hydrogen-bond acceptors (Lipinski definition) is 8. The maximum Gasteiger partial charge on any atom is 0.408 e. The summed E-state index contributed by atoms with van der Waals surface area (Å²) in [7, 11) is 0. The first-order valence-electron chi connectivity index (χ1n) is 12.4. The van der Waals surface area contributed by atoms with E-state index in [9.17, 15) is 19.7 Å². The second kappa shape index (κ2) is 13.4. The fourth-order valence-corrected chi connectivity index (χ4v) is 3.11. The summed E-state index contributed by atoms with van der Waals surface area (Å²) in [4.78, 5) is 34.4. The molecule has 0 aliphatic heterocycles. The molecule has 0 aromatic heterocycles. The van der Waals surface area contributed by atoms with Gasteiger partial charge in [0.15, 0.2) is 0 Å². The third-order valence-electron chi connectivity index (χ3n) is 4.52. The first kappa shape index (κ1) is 30.8. The van der Waals surface area contributed by atoms with Crippen molar-refractivity contribution < 1.29 is 28.7 Å². The van der Waals surface area contributed by atoms with Crippen molar-refractivity contribution in [1.82, 2.24) is 10.6 Å². The van der Waals surface area contributed by atoms with Gasteiger partial charge in [0.2, 0.25) is 0 Å². The lowest BCUT2D eigenvalue weighted by molar-refractivity contribution is -0.384. The van der Waals surface area contributed by atoms with Crippen molar-refractivity contribution in [3.8, 4) is 23.3 Å². The molecule has 2 amide bonds. The highest BCUT2D eigenvalue weighted by molar-refractivity contribution is 5.68. The number of anilines is 1. The van der Waals surface area contributed by atoms with Gasteiger partial charge in [0.1, 0.15) is 22.7 Å². The second-order valence-electron chi connectivity index (χ2n) is 10.6. The van der Waals surface area contributed by atoms with Gasteiger partial charge in [-0.3, -0.25) is 10.1 Å². The summed E-state index contributed by atoms with van der Waals surface area (Å²) in [6.45, 7) is 13.3. The quantitative estimate of drug-likeness (QED) is 0.172. The molecule has 0 heterocycles. The Bertz CT molecular complexity index is 1250. The average Bonchev–Trinajstić information content (AvgIpc) is 2.77. The van der Waals surface area contributed by atoms with Crippen molar-refractivity contribution >= 4 is 23.6 Å². The lowest BCUT2D eigenvalue weighted by atomic mass is 10.1. The Balaban J connectivity index is 2.11. The van der Waals surface area contributed by atoms with E-state index in [1.54, 1.807) is 47.6 Å². The van der Waals surface area contributed by atoms with Crippen molar-refractivity contribution in [3.63, 3.8) is 0 Å². The summed E-state index contributed by atoms with van der Waals surface area (Å²) in [5.74, 6) is 6.40. The molecule has 0 saturated heterocycles. The molecule has 0 aliphatic rings. The first-order chi connectivity index (χ1) is 18.1. The molecular formula is C28H36N4O7. The van der Waals surface area contributed by atoms with Crippen molar-refractivity contribution in [3.05, 3.63) is 57.6 Å². The van der Waals surface area contributed by atoms with Crippen molar-refractivity contribution in [2.75, 3.05) is 25.0 Å². The zero-order chi connectivity index (χ0) is 29.2. The largest absolute Gasteiger partial charge is 0.456 e. The number of aryl methyl sites for hydroxylation is 1. The van der Waals surface area contributed by atoms with E-state index >= 15 is 0 Å². The maximum atomic E-state index is 11.8. The minimum atomic E-state index is -0.644. The number of alkyl carbamates (subject to hydrolysis) is 2. The number of nitrogens with zero attached hydrogens (tertiary/aromatic N) is 1. The third kappa shape index (κ3) is 12.1. The molecule has 2 aromatic carbocycles. The van der Waals surface area contributed by atoms with E-state index in [-0.39, 0.29) is 17.8 Å². The van der Waals surface area contributed by atoms with Crippen molar-refractivity contribution in [2.45, 2.75) is 59.7 Å². The molecule has 2 rings (SSSR count). The highest BCUT2D eigenvalue weighted by atomic mass is 16.6. The number of carbonyl (C=O) groups is 2. The van der Waals surface area contributed by atoms with Crippen LogP contribution in [-0.4, -0.2) is 47.9 Å². The molecule has 11 heteroatoms. The lowest BCUT2D eigenvalue weighted by Crippen LogP contribution is -2.34. The van der Waals surface area contributed by atoms with E-state index < -0.39 is 28.3 Å². The number of nitro benzene ring substituents is 1. The Morgan fingerprint density at radius 2 is 1.56 bits per heavy atom. The monoisotopic (exact) mass is 540 g/mol. The van der Waals surface area contributed by atoms with E-state index in [0.717, 1.165) is 11.3 Å². The zero-order valence-electron chi connectivity index (χ0n) is 23.4. The predicted molar refractivity (Wildman–Crippen MR) is 148 cm³/mol. The molecule has 2 aromatic rings. The Labute approximate surface area is 228 Å². The fourth-order valence-electron chi connectivity index (χ4n) is 3.11. The molecule has 0 radical (unpaired) electrons. The molecule has 0 unspecified atom stereocenters. The van der Waals surface area contributed by atoms with Crippen LogP contribution in [0.4, 0.5) is 21.0 Å². The number of amides is 2. The Morgan fingerprint density at radius 3 is 2.18 bits per heavy atom. The number of nitrogens with one attached hydrogen (secondary N) is 3. The van der Waals surface area contributed by atoms with Crippen LogP contribution in [0, 0.1) is 28.9 Å². The summed E-state index contributed by atoms with van der Waals surface area (Å²) >= 11 is 0. The third-order valence-corrected chi connectivity index (χ3v) is 4.52. The molecule has 3 N–H and O–H groups in total. The van der Waals surface area contributed by atoms with Gasteiger partial charge < -0.3 is 30.2 Å². The molecule has 11 nitrogen and oxygen atoms in total. The number of non-ortho nitro benzene ring substituents is 1. The number of carbonyl (C=O) groups excluding carboxylic acids is 2. The minimum Gasteiger partial charge on any atom is -0.456 e. The smallest absolute Gasteiger partial charge is 0.408 e.